The fraction of sp³-hybridized carbons (Fsp3) is 0.176. The molecule has 0 aliphatic heterocycles. The summed E-state index contributed by atoms with van der Waals surface area (Å²) in [5.74, 6) is 0.440. The molecular weight excluding hydrogens is 368 g/mol. The Labute approximate surface area is 157 Å². The van der Waals surface area contributed by atoms with Crippen LogP contribution in [0.3, 0.4) is 0 Å². The molecular formula is C17H16N6OS2. The van der Waals surface area contributed by atoms with Gasteiger partial charge in [0.15, 0.2) is 0 Å². The van der Waals surface area contributed by atoms with Gasteiger partial charge < -0.3 is 16.0 Å². The van der Waals surface area contributed by atoms with Gasteiger partial charge in [0.25, 0.3) is 0 Å². The summed E-state index contributed by atoms with van der Waals surface area (Å²) >= 11 is 3.15. The van der Waals surface area contributed by atoms with Crippen molar-refractivity contribution in [3.63, 3.8) is 0 Å². The van der Waals surface area contributed by atoms with E-state index in [1.807, 2.05) is 29.9 Å². The van der Waals surface area contributed by atoms with Crippen LogP contribution in [0.4, 0.5) is 0 Å². The van der Waals surface area contributed by atoms with E-state index in [9.17, 15) is 4.79 Å². The van der Waals surface area contributed by atoms with Crippen molar-refractivity contribution in [1.82, 2.24) is 25.3 Å². The van der Waals surface area contributed by atoms with Gasteiger partial charge in [-0.25, -0.2) is 15.0 Å². The summed E-state index contributed by atoms with van der Waals surface area (Å²) in [6.07, 6.45) is 0. The number of benzene rings is 1. The summed E-state index contributed by atoms with van der Waals surface area (Å²) in [6.45, 7) is 2.20. The minimum absolute atomic E-state index is 0.0475. The summed E-state index contributed by atoms with van der Waals surface area (Å²) in [5, 5.41) is 5.61. The fourth-order valence-corrected chi connectivity index (χ4v) is 4.11. The Bertz CT molecular complexity index is 1080. The molecule has 0 atom stereocenters. The molecule has 1 amide bonds. The Morgan fingerprint density at radius 3 is 2.96 bits per heavy atom. The normalized spacial score (nSPS) is 11.2. The Morgan fingerprint density at radius 1 is 1.31 bits per heavy atom. The van der Waals surface area contributed by atoms with Crippen LogP contribution in [0, 0.1) is 6.92 Å². The third-order valence-corrected chi connectivity index (χ3v) is 5.60. The number of carbonyl (C=O) groups is 1. The lowest BCUT2D eigenvalue weighted by molar-refractivity contribution is -0.119. The summed E-state index contributed by atoms with van der Waals surface area (Å²) in [6, 6.07) is 6.07. The van der Waals surface area contributed by atoms with Crippen molar-refractivity contribution in [2.24, 2.45) is 5.73 Å². The number of aryl methyl sites for hydroxylation is 1. The number of nitrogens with zero attached hydrogens (tertiary/aromatic N) is 3. The number of nitrogens with one attached hydrogen (secondary N) is 2. The minimum atomic E-state index is -0.222. The van der Waals surface area contributed by atoms with Crippen LogP contribution in [-0.4, -0.2) is 32.4 Å². The number of amides is 1. The van der Waals surface area contributed by atoms with Gasteiger partial charge in [0.2, 0.25) is 5.91 Å². The molecule has 7 nitrogen and oxygen atoms in total. The summed E-state index contributed by atoms with van der Waals surface area (Å²) < 4.78 is 1.10. The number of H-pyrrole nitrogens is 1. The predicted octanol–water partition coefficient (Wildman–Crippen LogP) is 2.69. The van der Waals surface area contributed by atoms with E-state index in [0.29, 0.717) is 5.82 Å². The van der Waals surface area contributed by atoms with Gasteiger partial charge in [0.1, 0.15) is 16.5 Å². The molecule has 9 heteroatoms. The second kappa shape index (κ2) is 6.94. The van der Waals surface area contributed by atoms with Crippen molar-refractivity contribution in [2.45, 2.75) is 13.5 Å². The van der Waals surface area contributed by atoms with Crippen molar-refractivity contribution < 1.29 is 4.79 Å². The molecule has 0 saturated carbocycles. The molecule has 0 aliphatic carbocycles. The van der Waals surface area contributed by atoms with E-state index in [0.717, 1.165) is 37.9 Å². The van der Waals surface area contributed by atoms with Gasteiger partial charge in [0, 0.05) is 16.6 Å². The highest BCUT2D eigenvalue weighted by molar-refractivity contribution is 7.16. The maximum Gasteiger partial charge on any atom is 0.234 e. The van der Waals surface area contributed by atoms with Gasteiger partial charge >= 0.3 is 0 Å². The van der Waals surface area contributed by atoms with Crippen LogP contribution in [-0.2, 0) is 11.3 Å². The average Bonchev–Trinajstić information content (AvgIpc) is 3.37. The molecule has 4 rings (SSSR count). The Kier molecular flexibility index (Phi) is 4.49. The molecule has 1 aromatic carbocycles. The standard InChI is InChI=1S/C17H16N6OS2/c1-9-7-25-17(21-9)16-15(22-13(23-16)6-19-14(24)5-18)10-2-3-11-12(4-10)26-8-20-11/h2-4,7-8H,5-6,18H2,1H3,(H,19,24)(H,22,23). The van der Waals surface area contributed by atoms with Gasteiger partial charge in [-0.05, 0) is 19.1 Å². The first-order valence-electron chi connectivity index (χ1n) is 7.96. The lowest BCUT2D eigenvalue weighted by atomic mass is 10.1. The highest BCUT2D eigenvalue weighted by Crippen LogP contribution is 2.34. The lowest BCUT2D eigenvalue weighted by Crippen LogP contribution is -2.30. The van der Waals surface area contributed by atoms with Crippen molar-refractivity contribution in [3.05, 3.63) is 40.6 Å². The van der Waals surface area contributed by atoms with Crippen LogP contribution in [0.15, 0.2) is 29.1 Å². The number of hydrogen-bond donors (Lipinski definition) is 3. The number of aromatic amines is 1. The van der Waals surface area contributed by atoms with Crippen molar-refractivity contribution in [1.29, 1.82) is 0 Å². The zero-order chi connectivity index (χ0) is 18.1. The van der Waals surface area contributed by atoms with Crippen LogP contribution < -0.4 is 11.1 Å². The number of imidazole rings is 1. The molecule has 0 saturated heterocycles. The maximum atomic E-state index is 11.4. The summed E-state index contributed by atoms with van der Waals surface area (Å²) in [5.41, 5.74) is 11.7. The van der Waals surface area contributed by atoms with Gasteiger partial charge in [-0.15, -0.1) is 22.7 Å². The Hall–Kier alpha value is -2.62. The van der Waals surface area contributed by atoms with Gasteiger partial charge in [-0.2, -0.15) is 0 Å². The molecule has 0 spiro atoms. The number of aromatic nitrogens is 4. The van der Waals surface area contributed by atoms with E-state index in [4.69, 9.17) is 10.7 Å². The third-order valence-electron chi connectivity index (χ3n) is 3.83. The van der Waals surface area contributed by atoms with E-state index in [1.165, 1.54) is 0 Å². The molecule has 0 bridgehead atoms. The number of carbonyl (C=O) groups excluding carboxylic acids is 1. The molecule has 132 valence electrons. The number of fused-ring (bicyclic) bond motifs is 1. The molecule has 26 heavy (non-hydrogen) atoms. The molecule has 0 fully saturated rings. The van der Waals surface area contributed by atoms with E-state index >= 15 is 0 Å². The largest absolute Gasteiger partial charge is 0.348 e. The van der Waals surface area contributed by atoms with E-state index < -0.39 is 0 Å². The van der Waals surface area contributed by atoms with Crippen LogP contribution in [0.2, 0.25) is 0 Å². The zero-order valence-electron chi connectivity index (χ0n) is 13.9. The topological polar surface area (TPSA) is 110 Å². The summed E-state index contributed by atoms with van der Waals surface area (Å²) in [7, 11) is 0. The first-order chi connectivity index (χ1) is 12.6. The average molecular weight is 384 g/mol. The highest BCUT2D eigenvalue weighted by atomic mass is 32.1. The second-order valence-corrected chi connectivity index (χ2v) is 7.46. The van der Waals surface area contributed by atoms with Crippen LogP contribution in [0.1, 0.15) is 11.5 Å². The van der Waals surface area contributed by atoms with Gasteiger partial charge in [0.05, 0.1) is 34.5 Å². The van der Waals surface area contributed by atoms with Crippen molar-refractivity contribution >= 4 is 38.8 Å². The monoisotopic (exact) mass is 384 g/mol. The fourth-order valence-electron chi connectivity index (χ4n) is 2.60. The Balaban J connectivity index is 1.77. The van der Waals surface area contributed by atoms with Crippen molar-refractivity contribution in [3.8, 4) is 22.0 Å². The third kappa shape index (κ3) is 3.24. The van der Waals surface area contributed by atoms with Crippen LogP contribution >= 0.6 is 22.7 Å². The summed E-state index contributed by atoms with van der Waals surface area (Å²) in [4.78, 5) is 28.3. The highest BCUT2D eigenvalue weighted by Gasteiger charge is 2.17. The lowest BCUT2D eigenvalue weighted by Gasteiger charge is -2.00. The smallest absolute Gasteiger partial charge is 0.234 e. The van der Waals surface area contributed by atoms with Crippen molar-refractivity contribution in [2.75, 3.05) is 6.54 Å². The quantitative estimate of drug-likeness (QED) is 0.490. The first-order valence-corrected chi connectivity index (χ1v) is 9.71. The van der Waals surface area contributed by atoms with E-state index in [-0.39, 0.29) is 19.0 Å². The zero-order valence-corrected chi connectivity index (χ0v) is 15.6. The number of nitrogens with two attached hydrogens (primary N) is 1. The number of rotatable bonds is 5. The predicted molar refractivity (Wildman–Crippen MR) is 104 cm³/mol. The van der Waals surface area contributed by atoms with Crippen LogP contribution in [0.5, 0.6) is 0 Å². The SMILES string of the molecule is Cc1csc(-c2[nH]c(CNC(=O)CN)nc2-c2ccc3ncsc3c2)n1. The minimum Gasteiger partial charge on any atom is -0.348 e. The molecule has 4 aromatic rings. The second-order valence-electron chi connectivity index (χ2n) is 5.72. The van der Waals surface area contributed by atoms with Gasteiger partial charge in [-0.3, -0.25) is 4.79 Å². The molecule has 4 N–H and O–H groups in total. The first kappa shape index (κ1) is 16.8. The van der Waals surface area contributed by atoms with E-state index in [1.54, 1.807) is 22.7 Å². The Morgan fingerprint density at radius 2 is 2.19 bits per heavy atom. The molecule has 0 aliphatic rings. The molecule has 0 radical (unpaired) electrons. The molecule has 3 heterocycles. The molecule has 3 aromatic heterocycles. The van der Waals surface area contributed by atoms with E-state index in [2.05, 4.69) is 26.3 Å². The van der Waals surface area contributed by atoms with Crippen LogP contribution in [0.25, 0.3) is 32.2 Å². The number of hydrogen-bond acceptors (Lipinski definition) is 7. The van der Waals surface area contributed by atoms with Gasteiger partial charge in [-0.1, -0.05) is 6.07 Å². The molecule has 0 unspecified atom stereocenters. The maximum absolute atomic E-state index is 11.4. The number of thiazole rings is 2.